The standard InChI is InChI=1S/C24H22ClFN4O4/c1-14-27-12-21(33-14)17-6-4-15(10-20(17)32-2)22-28-29-23-24(13-31,8-3-9-30(22)23)34-16-5-7-19(26)18(25)11-16/h4-7,10-12,31H,3,8-9,13H2,1-2H3. The summed E-state index contributed by atoms with van der Waals surface area (Å²) in [6.07, 6.45) is 2.89. The number of aryl methyl sites for hydroxylation is 1. The van der Waals surface area contributed by atoms with Crippen LogP contribution in [0.3, 0.4) is 0 Å². The third-order valence-corrected chi connectivity index (χ3v) is 6.22. The summed E-state index contributed by atoms with van der Waals surface area (Å²) in [6.45, 7) is 2.10. The minimum Gasteiger partial charge on any atom is -0.496 e. The van der Waals surface area contributed by atoms with Crippen molar-refractivity contribution >= 4 is 11.6 Å². The molecule has 34 heavy (non-hydrogen) atoms. The summed E-state index contributed by atoms with van der Waals surface area (Å²) < 4.78 is 32.9. The highest BCUT2D eigenvalue weighted by Gasteiger charge is 2.42. The maximum Gasteiger partial charge on any atom is 0.191 e. The minimum absolute atomic E-state index is 0.0577. The quantitative estimate of drug-likeness (QED) is 0.421. The maximum atomic E-state index is 13.6. The van der Waals surface area contributed by atoms with Gasteiger partial charge in [0.2, 0.25) is 0 Å². The van der Waals surface area contributed by atoms with Gasteiger partial charge >= 0.3 is 0 Å². The first kappa shape index (κ1) is 22.4. The smallest absolute Gasteiger partial charge is 0.191 e. The molecule has 0 radical (unpaired) electrons. The number of nitrogens with zero attached hydrogens (tertiary/aromatic N) is 4. The van der Waals surface area contributed by atoms with Crippen molar-refractivity contribution in [2.24, 2.45) is 0 Å². The van der Waals surface area contributed by atoms with E-state index in [9.17, 15) is 9.50 Å². The summed E-state index contributed by atoms with van der Waals surface area (Å²) in [7, 11) is 1.59. The molecule has 0 amide bonds. The van der Waals surface area contributed by atoms with Crippen molar-refractivity contribution in [3.8, 4) is 34.2 Å². The predicted octanol–water partition coefficient (Wildman–Crippen LogP) is 4.77. The van der Waals surface area contributed by atoms with Gasteiger partial charge in [-0.15, -0.1) is 10.2 Å². The Labute approximate surface area is 199 Å². The summed E-state index contributed by atoms with van der Waals surface area (Å²) in [5.41, 5.74) is 0.423. The Bertz CT molecular complexity index is 1350. The zero-order valence-corrected chi connectivity index (χ0v) is 19.3. The van der Waals surface area contributed by atoms with E-state index in [4.69, 9.17) is 25.5 Å². The highest BCUT2D eigenvalue weighted by Crippen LogP contribution is 2.39. The molecular formula is C24H22ClFN4O4. The van der Waals surface area contributed by atoms with Crippen molar-refractivity contribution in [2.45, 2.75) is 31.9 Å². The zero-order valence-electron chi connectivity index (χ0n) is 18.6. The monoisotopic (exact) mass is 484 g/mol. The zero-order chi connectivity index (χ0) is 23.9. The molecule has 3 heterocycles. The molecule has 0 saturated carbocycles. The van der Waals surface area contributed by atoms with Crippen molar-refractivity contribution in [3.05, 3.63) is 65.2 Å². The fourth-order valence-corrected chi connectivity index (χ4v) is 4.43. The van der Waals surface area contributed by atoms with Gasteiger partial charge in [-0.1, -0.05) is 17.7 Å². The van der Waals surface area contributed by atoms with E-state index >= 15 is 0 Å². The van der Waals surface area contributed by atoms with Gasteiger partial charge in [-0.05, 0) is 37.1 Å². The second-order valence-corrected chi connectivity index (χ2v) is 8.50. The number of halogens is 2. The Kier molecular flexibility index (Phi) is 5.75. The van der Waals surface area contributed by atoms with Crippen molar-refractivity contribution in [1.82, 2.24) is 19.7 Å². The number of ether oxygens (including phenoxy) is 2. The number of aromatic nitrogens is 4. The third kappa shape index (κ3) is 3.80. The SMILES string of the molecule is COc1cc(-c2nnc3n2CCCC3(CO)Oc2ccc(F)c(Cl)c2)ccc1-c1cnc(C)o1. The Balaban J connectivity index is 1.53. The molecule has 10 heteroatoms. The van der Waals surface area contributed by atoms with Crippen LogP contribution >= 0.6 is 11.6 Å². The van der Waals surface area contributed by atoms with Crippen LogP contribution in [0.25, 0.3) is 22.7 Å². The number of rotatable bonds is 6. The summed E-state index contributed by atoms with van der Waals surface area (Å²) in [6, 6.07) is 9.74. The van der Waals surface area contributed by atoms with Crippen LogP contribution in [-0.4, -0.2) is 38.6 Å². The molecule has 0 fully saturated rings. The largest absolute Gasteiger partial charge is 0.496 e. The number of aliphatic hydroxyl groups is 1. The van der Waals surface area contributed by atoms with E-state index in [1.54, 1.807) is 20.2 Å². The topological polar surface area (TPSA) is 95.4 Å². The molecule has 2 aromatic heterocycles. The highest BCUT2D eigenvalue weighted by molar-refractivity contribution is 6.30. The van der Waals surface area contributed by atoms with Gasteiger partial charge in [0.25, 0.3) is 0 Å². The van der Waals surface area contributed by atoms with Gasteiger partial charge in [0.1, 0.15) is 17.3 Å². The van der Waals surface area contributed by atoms with Crippen LogP contribution in [0.4, 0.5) is 4.39 Å². The van der Waals surface area contributed by atoms with E-state index in [1.165, 1.54) is 18.2 Å². The van der Waals surface area contributed by atoms with Crippen LogP contribution in [0.1, 0.15) is 24.6 Å². The first-order valence-corrected chi connectivity index (χ1v) is 11.1. The van der Waals surface area contributed by atoms with Crippen LogP contribution in [0.2, 0.25) is 5.02 Å². The second kappa shape index (κ2) is 8.73. The van der Waals surface area contributed by atoms with Gasteiger partial charge in [0, 0.05) is 25.1 Å². The van der Waals surface area contributed by atoms with Gasteiger partial charge in [-0.25, -0.2) is 9.37 Å². The van der Waals surface area contributed by atoms with Gasteiger partial charge in [0.15, 0.2) is 28.9 Å². The first-order valence-electron chi connectivity index (χ1n) is 10.7. The first-order chi connectivity index (χ1) is 16.4. The lowest BCUT2D eigenvalue weighted by atomic mass is 9.93. The fourth-order valence-electron chi connectivity index (χ4n) is 4.26. The number of methoxy groups -OCH3 is 1. The molecule has 1 N–H and O–H groups in total. The van der Waals surface area contributed by atoms with Crippen molar-refractivity contribution in [3.63, 3.8) is 0 Å². The number of fused-ring (bicyclic) bond motifs is 1. The molecule has 0 bridgehead atoms. The van der Waals surface area contributed by atoms with Crippen LogP contribution in [0.5, 0.6) is 11.5 Å². The number of hydrogen-bond donors (Lipinski definition) is 1. The molecule has 0 spiro atoms. The van der Waals surface area contributed by atoms with Gasteiger partial charge in [0.05, 0.1) is 30.5 Å². The van der Waals surface area contributed by atoms with Crippen LogP contribution in [0.15, 0.2) is 47.0 Å². The number of benzene rings is 2. The molecule has 1 aliphatic rings. The Morgan fingerprint density at radius 2 is 2.09 bits per heavy atom. The second-order valence-electron chi connectivity index (χ2n) is 8.09. The van der Waals surface area contributed by atoms with E-state index in [-0.39, 0.29) is 11.6 Å². The average molecular weight is 485 g/mol. The lowest BCUT2D eigenvalue weighted by molar-refractivity contribution is -0.0237. The number of oxazole rings is 1. The molecule has 4 aromatic rings. The highest BCUT2D eigenvalue weighted by atomic mass is 35.5. The van der Waals surface area contributed by atoms with Crippen molar-refractivity contribution in [1.29, 1.82) is 0 Å². The van der Waals surface area contributed by atoms with Crippen molar-refractivity contribution in [2.75, 3.05) is 13.7 Å². The lowest BCUT2D eigenvalue weighted by Crippen LogP contribution is -2.43. The van der Waals surface area contributed by atoms with E-state index in [0.717, 1.165) is 17.5 Å². The molecule has 2 aromatic carbocycles. The van der Waals surface area contributed by atoms with Gasteiger partial charge in [-0.3, -0.25) is 0 Å². The van der Waals surface area contributed by atoms with E-state index in [1.807, 2.05) is 22.8 Å². The lowest BCUT2D eigenvalue weighted by Gasteiger charge is -2.35. The van der Waals surface area contributed by atoms with Crippen LogP contribution in [-0.2, 0) is 12.1 Å². The number of hydrogen-bond acceptors (Lipinski definition) is 7. The predicted molar refractivity (Wildman–Crippen MR) is 122 cm³/mol. The average Bonchev–Trinajstić information content (AvgIpc) is 3.48. The molecule has 0 aliphatic carbocycles. The normalized spacial score (nSPS) is 17.4. The van der Waals surface area contributed by atoms with E-state index in [0.29, 0.717) is 47.8 Å². The minimum atomic E-state index is -1.13. The van der Waals surface area contributed by atoms with Gasteiger partial charge < -0.3 is 23.6 Å². The molecule has 8 nitrogen and oxygen atoms in total. The van der Waals surface area contributed by atoms with E-state index < -0.39 is 11.4 Å². The molecule has 1 aliphatic heterocycles. The van der Waals surface area contributed by atoms with Gasteiger partial charge in [-0.2, -0.15) is 0 Å². The molecule has 5 rings (SSSR count). The maximum absolute atomic E-state index is 13.6. The molecule has 1 atom stereocenters. The molecule has 1 unspecified atom stereocenters. The summed E-state index contributed by atoms with van der Waals surface area (Å²) in [4.78, 5) is 4.15. The Morgan fingerprint density at radius 1 is 1.24 bits per heavy atom. The molecule has 0 saturated heterocycles. The van der Waals surface area contributed by atoms with Crippen LogP contribution in [0, 0.1) is 12.7 Å². The van der Waals surface area contributed by atoms with Crippen LogP contribution < -0.4 is 9.47 Å². The number of aliphatic hydroxyl groups excluding tert-OH is 1. The molecular weight excluding hydrogens is 463 g/mol. The molecule has 176 valence electrons. The summed E-state index contributed by atoms with van der Waals surface area (Å²) >= 11 is 5.92. The van der Waals surface area contributed by atoms with Crippen molar-refractivity contribution < 1.29 is 23.4 Å². The summed E-state index contributed by atoms with van der Waals surface area (Å²) in [5, 5.41) is 19.1. The van der Waals surface area contributed by atoms with E-state index in [2.05, 4.69) is 15.2 Å². The fraction of sp³-hybridized carbons (Fsp3) is 0.292. The Morgan fingerprint density at radius 3 is 2.79 bits per heavy atom. The third-order valence-electron chi connectivity index (χ3n) is 5.93. The Hall–Kier alpha value is -3.43. The summed E-state index contributed by atoms with van der Waals surface area (Å²) in [5.74, 6) is 2.68.